The Morgan fingerprint density at radius 3 is 2.55 bits per heavy atom. The van der Waals surface area contributed by atoms with Crippen molar-refractivity contribution in [1.29, 1.82) is 0 Å². The Morgan fingerprint density at radius 2 is 1.95 bits per heavy atom. The van der Waals surface area contributed by atoms with Crippen molar-refractivity contribution in [2.75, 3.05) is 6.54 Å². The number of nitrogens with one attached hydrogen (secondary N) is 1. The van der Waals surface area contributed by atoms with E-state index < -0.39 is 0 Å². The van der Waals surface area contributed by atoms with Gasteiger partial charge < -0.3 is 5.32 Å². The van der Waals surface area contributed by atoms with Crippen LogP contribution >= 0.6 is 38.9 Å². The molecule has 0 bridgehead atoms. The van der Waals surface area contributed by atoms with E-state index >= 15 is 0 Å². The van der Waals surface area contributed by atoms with Crippen LogP contribution < -0.4 is 5.32 Å². The lowest BCUT2D eigenvalue weighted by molar-refractivity contribution is 0.580. The van der Waals surface area contributed by atoms with E-state index in [0.717, 1.165) is 27.8 Å². The zero-order chi connectivity index (χ0) is 13.9. The second kappa shape index (κ2) is 6.61. The summed E-state index contributed by atoms with van der Waals surface area (Å²) in [6, 6.07) is 13.6. The second-order valence-electron chi connectivity index (χ2n) is 5.34. The third-order valence-electron chi connectivity index (χ3n) is 3.65. The first kappa shape index (κ1) is 14.6. The molecule has 106 valence electrons. The van der Waals surface area contributed by atoms with Gasteiger partial charge in [-0.1, -0.05) is 39.7 Å². The first-order valence-corrected chi connectivity index (χ1v) is 8.92. The van der Waals surface area contributed by atoms with Crippen LogP contribution in [0.2, 0.25) is 4.34 Å². The molecule has 1 nitrogen and oxygen atoms in total. The van der Waals surface area contributed by atoms with Gasteiger partial charge in [0.2, 0.25) is 0 Å². The van der Waals surface area contributed by atoms with Crippen molar-refractivity contribution in [3.8, 4) is 0 Å². The number of hydrogen-bond donors (Lipinski definition) is 1. The Balaban J connectivity index is 1.73. The molecule has 20 heavy (non-hydrogen) atoms. The minimum absolute atomic E-state index is 0.512. The fourth-order valence-electron chi connectivity index (χ4n) is 2.34. The minimum Gasteiger partial charge on any atom is -0.313 e. The van der Waals surface area contributed by atoms with Crippen molar-refractivity contribution in [2.45, 2.75) is 31.2 Å². The zero-order valence-corrected chi connectivity index (χ0v) is 14.3. The number of hydrogen-bond acceptors (Lipinski definition) is 2. The highest BCUT2D eigenvalue weighted by Crippen LogP contribution is 2.29. The average Bonchev–Trinajstić information content (AvgIpc) is 3.18. The van der Waals surface area contributed by atoms with Gasteiger partial charge in [-0.05, 0) is 49.1 Å². The van der Waals surface area contributed by atoms with Crippen LogP contribution in [0.5, 0.6) is 0 Å². The Hall–Kier alpha value is -0.350. The number of rotatable bonds is 6. The third kappa shape index (κ3) is 4.08. The van der Waals surface area contributed by atoms with Crippen LogP contribution in [0.1, 0.15) is 29.2 Å². The number of benzene rings is 1. The summed E-state index contributed by atoms with van der Waals surface area (Å²) in [6.07, 6.45) is 3.72. The maximum atomic E-state index is 6.04. The summed E-state index contributed by atoms with van der Waals surface area (Å²) in [5.41, 5.74) is 1.39. The van der Waals surface area contributed by atoms with E-state index in [9.17, 15) is 0 Å². The monoisotopic (exact) mass is 369 g/mol. The molecule has 1 saturated carbocycles. The summed E-state index contributed by atoms with van der Waals surface area (Å²) in [6.45, 7) is 1.04. The smallest absolute Gasteiger partial charge is 0.0931 e. The molecule has 1 aromatic heterocycles. The minimum atomic E-state index is 0.512. The molecule has 1 aliphatic rings. The Kier molecular flexibility index (Phi) is 4.82. The highest BCUT2D eigenvalue weighted by Gasteiger charge is 2.22. The molecular weight excluding hydrogens is 354 g/mol. The molecule has 1 N–H and O–H groups in total. The molecule has 1 aromatic carbocycles. The van der Waals surface area contributed by atoms with Crippen LogP contribution in [-0.2, 0) is 6.42 Å². The van der Waals surface area contributed by atoms with E-state index in [4.69, 9.17) is 11.6 Å². The Bertz CT molecular complexity index is 562. The topological polar surface area (TPSA) is 12.0 Å². The lowest BCUT2D eigenvalue weighted by Gasteiger charge is -2.17. The third-order valence-corrected chi connectivity index (χ3v) is 5.43. The van der Waals surface area contributed by atoms with Crippen LogP contribution in [0.15, 0.2) is 40.9 Å². The molecule has 1 unspecified atom stereocenters. The van der Waals surface area contributed by atoms with Gasteiger partial charge in [-0.2, -0.15) is 0 Å². The Morgan fingerprint density at radius 1 is 1.20 bits per heavy atom. The summed E-state index contributed by atoms with van der Waals surface area (Å²) in [5, 5.41) is 3.66. The van der Waals surface area contributed by atoms with Crippen molar-refractivity contribution in [2.24, 2.45) is 0 Å². The second-order valence-corrected chi connectivity index (χ2v) is 8.06. The summed E-state index contributed by atoms with van der Waals surface area (Å²) < 4.78 is 2.01. The molecule has 0 spiro atoms. The van der Waals surface area contributed by atoms with E-state index in [0.29, 0.717) is 5.92 Å². The molecule has 1 heterocycles. The van der Waals surface area contributed by atoms with Crippen molar-refractivity contribution in [3.63, 3.8) is 0 Å². The molecule has 1 atom stereocenters. The molecular formula is C16H17BrClNS. The van der Waals surface area contributed by atoms with Crippen LogP contribution in [0.3, 0.4) is 0 Å². The van der Waals surface area contributed by atoms with E-state index in [1.54, 1.807) is 11.3 Å². The first-order valence-electron chi connectivity index (χ1n) is 6.94. The van der Waals surface area contributed by atoms with Gasteiger partial charge in [0, 0.05) is 27.9 Å². The van der Waals surface area contributed by atoms with E-state index in [2.05, 4.69) is 51.6 Å². The van der Waals surface area contributed by atoms with E-state index in [1.165, 1.54) is 23.3 Å². The van der Waals surface area contributed by atoms with Crippen molar-refractivity contribution in [1.82, 2.24) is 5.32 Å². The normalized spacial score (nSPS) is 16.3. The van der Waals surface area contributed by atoms with Gasteiger partial charge in [0.1, 0.15) is 0 Å². The molecule has 0 aliphatic heterocycles. The van der Waals surface area contributed by atoms with Crippen LogP contribution in [0.4, 0.5) is 0 Å². The molecule has 3 rings (SSSR count). The standard InChI is InChI=1S/C16H17BrClNS/c17-13-3-1-11(2-4-13)12(10-19-14-5-6-14)9-15-7-8-16(18)20-15/h1-4,7-8,12,14,19H,5-6,9-10H2. The van der Waals surface area contributed by atoms with Gasteiger partial charge in [0.15, 0.2) is 0 Å². The first-order chi connectivity index (χ1) is 9.70. The highest BCUT2D eigenvalue weighted by molar-refractivity contribution is 9.10. The van der Waals surface area contributed by atoms with E-state index in [-0.39, 0.29) is 0 Å². The van der Waals surface area contributed by atoms with Crippen molar-refractivity contribution >= 4 is 38.9 Å². The van der Waals surface area contributed by atoms with Gasteiger partial charge in [-0.25, -0.2) is 0 Å². The quantitative estimate of drug-likeness (QED) is 0.733. The summed E-state index contributed by atoms with van der Waals surface area (Å²) in [4.78, 5) is 1.36. The zero-order valence-electron chi connectivity index (χ0n) is 11.1. The predicted octanol–water partition coefficient (Wildman–Crippen LogP) is 5.24. The van der Waals surface area contributed by atoms with Crippen LogP contribution in [0, 0.1) is 0 Å². The molecule has 2 aromatic rings. The largest absolute Gasteiger partial charge is 0.313 e. The van der Waals surface area contributed by atoms with Gasteiger partial charge in [-0.15, -0.1) is 11.3 Å². The fraction of sp³-hybridized carbons (Fsp3) is 0.375. The number of thiophene rings is 1. The van der Waals surface area contributed by atoms with Crippen LogP contribution in [0.25, 0.3) is 0 Å². The maximum Gasteiger partial charge on any atom is 0.0931 e. The molecule has 1 fully saturated rings. The van der Waals surface area contributed by atoms with Gasteiger partial charge in [0.05, 0.1) is 4.34 Å². The summed E-state index contributed by atoms with van der Waals surface area (Å²) in [5.74, 6) is 0.512. The van der Waals surface area contributed by atoms with E-state index in [1.807, 2.05) is 6.07 Å². The lowest BCUT2D eigenvalue weighted by Crippen LogP contribution is -2.24. The highest BCUT2D eigenvalue weighted by atomic mass is 79.9. The molecule has 1 aliphatic carbocycles. The maximum absolute atomic E-state index is 6.04. The van der Waals surface area contributed by atoms with Crippen LogP contribution in [-0.4, -0.2) is 12.6 Å². The SMILES string of the molecule is Clc1ccc(CC(CNC2CC2)c2ccc(Br)cc2)s1. The molecule has 4 heteroatoms. The predicted molar refractivity (Wildman–Crippen MR) is 90.9 cm³/mol. The van der Waals surface area contributed by atoms with Gasteiger partial charge in [-0.3, -0.25) is 0 Å². The summed E-state index contributed by atoms with van der Waals surface area (Å²) in [7, 11) is 0. The lowest BCUT2D eigenvalue weighted by atomic mass is 9.95. The van der Waals surface area contributed by atoms with Crippen molar-refractivity contribution < 1.29 is 0 Å². The van der Waals surface area contributed by atoms with Gasteiger partial charge >= 0.3 is 0 Å². The van der Waals surface area contributed by atoms with Gasteiger partial charge in [0.25, 0.3) is 0 Å². The average molecular weight is 371 g/mol. The fourth-order valence-corrected chi connectivity index (χ4v) is 3.78. The molecule has 0 amide bonds. The molecule has 0 radical (unpaired) electrons. The summed E-state index contributed by atoms with van der Waals surface area (Å²) >= 11 is 11.2. The Labute approximate surface area is 137 Å². The molecule has 0 saturated heterocycles. The van der Waals surface area contributed by atoms with Crippen molar-refractivity contribution in [3.05, 3.63) is 55.6 Å². The number of halogens is 2.